The molecule has 0 aliphatic heterocycles. The zero-order valence-electron chi connectivity index (χ0n) is 9.47. The van der Waals surface area contributed by atoms with Gasteiger partial charge in [0.05, 0.1) is 12.9 Å². The molecule has 0 aromatic carbocycles. The van der Waals surface area contributed by atoms with Crippen molar-refractivity contribution in [3.8, 4) is 0 Å². The van der Waals surface area contributed by atoms with Gasteiger partial charge in [0.2, 0.25) is 0 Å². The zero-order valence-corrected chi connectivity index (χ0v) is 9.47. The van der Waals surface area contributed by atoms with Gasteiger partial charge in [0.1, 0.15) is 0 Å². The first-order valence-electron chi connectivity index (χ1n) is 5.36. The van der Waals surface area contributed by atoms with Crippen LogP contribution in [0, 0.1) is 5.92 Å². The first-order chi connectivity index (χ1) is 6.77. The van der Waals surface area contributed by atoms with Gasteiger partial charge in [-0.3, -0.25) is 0 Å². The third kappa shape index (κ3) is 3.18. The lowest BCUT2D eigenvalue weighted by Gasteiger charge is -2.19. The highest BCUT2D eigenvalue weighted by molar-refractivity contribution is 5.22. The number of hydrogen-bond donors (Lipinski definition) is 1. The molecule has 0 heterocycles. The molecule has 0 saturated carbocycles. The summed E-state index contributed by atoms with van der Waals surface area (Å²) in [5, 5.41) is 3.19. The Balaban J connectivity index is 0.00000196. The van der Waals surface area contributed by atoms with Crippen LogP contribution in [0.4, 0.5) is 0 Å². The lowest BCUT2D eigenvalue weighted by molar-refractivity contribution is 0.274. The fourth-order valence-electron chi connectivity index (χ4n) is 1.76. The Morgan fingerprint density at radius 2 is 2.29 bits per heavy atom. The van der Waals surface area contributed by atoms with Crippen molar-refractivity contribution in [2.75, 3.05) is 20.7 Å². The largest absolute Gasteiger partial charge is 0.501 e. The molecule has 0 aromatic rings. The highest BCUT2D eigenvalue weighted by Crippen LogP contribution is 2.25. The zero-order chi connectivity index (χ0) is 10.4. The van der Waals surface area contributed by atoms with Crippen LogP contribution in [0.2, 0.25) is 0 Å². The Hall–Kier alpha value is -0.760. The Labute approximate surface area is 88.5 Å². The minimum Gasteiger partial charge on any atom is -0.501 e. The smallest absolute Gasteiger partial charge is 0.0958 e. The standard InChI is InChI=1S/C12H21NO.H2/c1-10(8-9-13-2)11-4-6-12(14-3)7-5-11;/h4,6,10,13H,5,7-9H2,1-3H3;1H. The molecular formula is C12H23NO. The Morgan fingerprint density at radius 3 is 2.79 bits per heavy atom. The van der Waals surface area contributed by atoms with E-state index in [1.165, 1.54) is 6.42 Å². The number of methoxy groups -OCH3 is 1. The predicted molar refractivity (Wildman–Crippen MR) is 62.2 cm³/mol. The van der Waals surface area contributed by atoms with Crippen molar-refractivity contribution in [2.24, 2.45) is 5.92 Å². The van der Waals surface area contributed by atoms with Gasteiger partial charge in [-0.1, -0.05) is 18.6 Å². The first-order valence-corrected chi connectivity index (χ1v) is 5.36. The summed E-state index contributed by atoms with van der Waals surface area (Å²) in [6.07, 6.45) is 7.77. The summed E-state index contributed by atoms with van der Waals surface area (Å²) in [5.41, 5.74) is 1.56. The molecule has 2 nitrogen and oxygen atoms in total. The van der Waals surface area contributed by atoms with Gasteiger partial charge in [-0.15, -0.1) is 0 Å². The topological polar surface area (TPSA) is 21.3 Å². The third-order valence-corrected chi connectivity index (χ3v) is 2.87. The molecule has 0 radical (unpaired) electrons. The van der Waals surface area contributed by atoms with Crippen molar-refractivity contribution in [2.45, 2.75) is 26.2 Å². The van der Waals surface area contributed by atoms with E-state index in [4.69, 9.17) is 4.74 Å². The first kappa shape index (κ1) is 11.3. The molecule has 0 fully saturated rings. The van der Waals surface area contributed by atoms with Crippen molar-refractivity contribution in [3.05, 3.63) is 23.5 Å². The molecule has 1 rings (SSSR count). The Bertz CT molecular complexity index is 236. The van der Waals surface area contributed by atoms with Crippen molar-refractivity contribution in [3.63, 3.8) is 0 Å². The van der Waals surface area contributed by atoms with E-state index in [1.54, 1.807) is 12.7 Å². The summed E-state index contributed by atoms with van der Waals surface area (Å²) in [6.45, 7) is 3.40. The molecule has 0 saturated heterocycles. The number of ether oxygens (including phenoxy) is 1. The van der Waals surface area contributed by atoms with Crippen LogP contribution >= 0.6 is 0 Å². The molecule has 82 valence electrons. The van der Waals surface area contributed by atoms with Crippen molar-refractivity contribution >= 4 is 0 Å². The summed E-state index contributed by atoms with van der Waals surface area (Å²) < 4.78 is 5.20. The summed E-state index contributed by atoms with van der Waals surface area (Å²) in [5.74, 6) is 1.80. The number of nitrogens with one attached hydrogen (secondary N) is 1. The van der Waals surface area contributed by atoms with Gasteiger partial charge >= 0.3 is 0 Å². The number of allylic oxidation sites excluding steroid dienone is 4. The van der Waals surface area contributed by atoms with E-state index in [0.29, 0.717) is 5.92 Å². The van der Waals surface area contributed by atoms with Crippen LogP contribution in [0.25, 0.3) is 0 Å². The van der Waals surface area contributed by atoms with Crippen LogP contribution in [-0.4, -0.2) is 20.7 Å². The molecule has 2 heteroatoms. The maximum atomic E-state index is 5.20. The summed E-state index contributed by atoms with van der Waals surface area (Å²) >= 11 is 0. The van der Waals surface area contributed by atoms with Crippen LogP contribution < -0.4 is 5.32 Å². The molecule has 1 aliphatic carbocycles. The Kier molecular flexibility index (Phi) is 4.74. The minimum atomic E-state index is 0. The fourth-order valence-corrected chi connectivity index (χ4v) is 1.76. The lowest BCUT2D eigenvalue weighted by atomic mass is 9.90. The molecule has 0 spiro atoms. The van der Waals surface area contributed by atoms with E-state index < -0.39 is 0 Å². The average molecular weight is 197 g/mol. The highest BCUT2D eigenvalue weighted by atomic mass is 16.5. The molecular weight excluding hydrogens is 174 g/mol. The van der Waals surface area contributed by atoms with Crippen LogP contribution in [0.15, 0.2) is 23.5 Å². The van der Waals surface area contributed by atoms with Crippen LogP contribution in [-0.2, 0) is 4.74 Å². The molecule has 1 N–H and O–H groups in total. The van der Waals surface area contributed by atoms with Gasteiger partial charge in [0.25, 0.3) is 0 Å². The highest BCUT2D eigenvalue weighted by Gasteiger charge is 2.12. The summed E-state index contributed by atoms with van der Waals surface area (Å²) in [6, 6.07) is 0. The van der Waals surface area contributed by atoms with E-state index >= 15 is 0 Å². The molecule has 14 heavy (non-hydrogen) atoms. The normalized spacial score (nSPS) is 18.5. The molecule has 0 amide bonds. The monoisotopic (exact) mass is 197 g/mol. The van der Waals surface area contributed by atoms with Crippen LogP contribution in [0.5, 0.6) is 0 Å². The minimum absolute atomic E-state index is 0. The molecule has 0 bridgehead atoms. The Morgan fingerprint density at radius 1 is 1.50 bits per heavy atom. The van der Waals surface area contributed by atoms with E-state index in [9.17, 15) is 0 Å². The molecule has 1 atom stereocenters. The maximum Gasteiger partial charge on any atom is 0.0958 e. The van der Waals surface area contributed by atoms with E-state index in [1.807, 2.05) is 7.05 Å². The second-order valence-corrected chi connectivity index (χ2v) is 3.87. The van der Waals surface area contributed by atoms with Gasteiger partial charge in [0, 0.05) is 7.85 Å². The average Bonchev–Trinajstić information content (AvgIpc) is 2.26. The van der Waals surface area contributed by atoms with E-state index in [0.717, 1.165) is 25.1 Å². The van der Waals surface area contributed by atoms with Gasteiger partial charge < -0.3 is 10.1 Å². The number of hydrogen-bond acceptors (Lipinski definition) is 2. The van der Waals surface area contributed by atoms with Gasteiger partial charge in [0.15, 0.2) is 0 Å². The van der Waals surface area contributed by atoms with Crippen LogP contribution in [0.3, 0.4) is 0 Å². The molecule has 1 unspecified atom stereocenters. The van der Waals surface area contributed by atoms with Gasteiger partial charge in [-0.25, -0.2) is 0 Å². The predicted octanol–water partition coefficient (Wildman–Crippen LogP) is 2.73. The molecule has 0 aromatic heterocycles. The third-order valence-electron chi connectivity index (χ3n) is 2.87. The summed E-state index contributed by atoms with van der Waals surface area (Å²) in [7, 11) is 3.75. The SMILES string of the molecule is CNCCC(C)C1=CC=C(OC)CC1.[HH]. The van der Waals surface area contributed by atoms with Crippen molar-refractivity contribution < 1.29 is 6.16 Å². The van der Waals surface area contributed by atoms with Crippen molar-refractivity contribution in [1.82, 2.24) is 5.32 Å². The lowest BCUT2D eigenvalue weighted by Crippen LogP contribution is -2.13. The molecule has 1 aliphatic rings. The maximum absolute atomic E-state index is 5.20. The van der Waals surface area contributed by atoms with E-state index in [-0.39, 0.29) is 1.43 Å². The van der Waals surface area contributed by atoms with Gasteiger partial charge in [-0.2, -0.15) is 0 Å². The van der Waals surface area contributed by atoms with Crippen molar-refractivity contribution in [1.29, 1.82) is 0 Å². The second kappa shape index (κ2) is 5.86. The second-order valence-electron chi connectivity index (χ2n) is 3.87. The van der Waals surface area contributed by atoms with Gasteiger partial charge in [-0.05, 0) is 38.4 Å². The van der Waals surface area contributed by atoms with Crippen LogP contribution in [0.1, 0.15) is 27.6 Å². The fraction of sp³-hybridized carbons (Fsp3) is 0.667. The number of rotatable bonds is 5. The summed E-state index contributed by atoms with van der Waals surface area (Å²) in [4.78, 5) is 0. The quantitative estimate of drug-likeness (QED) is 0.731. The van der Waals surface area contributed by atoms with E-state index in [2.05, 4.69) is 24.4 Å².